The Morgan fingerprint density at radius 2 is 1.86 bits per heavy atom. The molecular weight excluding hydrogens is 282 g/mol. The van der Waals surface area contributed by atoms with Crippen molar-refractivity contribution in [1.82, 2.24) is 0 Å². The monoisotopic (exact) mass is 299 g/mol. The number of benzene rings is 2. The lowest BCUT2D eigenvalue weighted by atomic mass is 9.88. The van der Waals surface area contributed by atoms with Crippen LogP contribution in [-0.4, -0.2) is 0 Å². The molecule has 0 bridgehead atoms. The summed E-state index contributed by atoms with van der Waals surface area (Å²) in [7, 11) is 0. The molecule has 0 aliphatic rings. The maximum Gasteiger partial charge on any atom is 0.134 e. The van der Waals surface area contributed by atoms with Crippen LogP contribution in [0, 0.1) is 0 Å². The van der Waals surface area contributed by atoms with Gasteiger partial charge in [0.15, 0.2) is 0 Å². The molecule has 2 N–H and O–H groups in total. The SMILES string of the molecule is CCC(c1ccccc1)C(N)c1cc2cc(Cl)ccc2o1. The maximum absolute atomic E-state index is 6.46. The normalized spacial score (nSPS) is 14.2. The third-order valence-corrected chi connectivity index (χ3v) is 4.16. The number of rotatable bonds is 4. The van der Waals surface area contributed by atoms with Gasteiger partial charge in [-0.2, -0.15) is 0 Å². The van der Waals surface area contributed by atoms with Crippen molar-refractivity contribution in [2.24, 2.45) is 5.73 Å². The fourth-order valence-corrected chi connectivity index (χ4v) is 2.98. The lowest BCUT2D eigenvalue weighted by Crippen LogP contribution is -2.18. The predicted molar refractivity (Wildman–Crippen MR) is 87.6 cm³/mol. The Labute approximate surface area is 129 Å². The molecule has 3 heteroatoms. The van der Waals surface area contributed by atoms with Gasteiger partial charge in [0.25, 0.3) is 0 Å². The average Bonchev–Trinajstić information content (AvgIpc) is 2.92. The van der Waals surface area contributed by atoms with Crippen molar-refractivity contribution in [3.63, 3.8) is 0 Å². The second-order valence-corrected chi connectivity index (χ2v) is 5.72. The fraction of sp³-hybridized carbons (Fsp3) is 0.222. The van der Waals surface area contributed by atoms with Gasteiger partial charge in [0.05, 0.1) is 6.04 Å². The molecule has 0 fully saturated rings. The molecule has 0 saturated heterocycles. The summed E-state index contributed by atoms with van der Waals surface area (Å²) in [5.41, 5.74) is 8.53. The molecule has 1 aromatic heterocycles. The Balaban J connectivity index is 1.96. The number of hydrogen-bond acceptors (Lipinski definition) is 2. The number of fused-ring (bicyclic) bond motifs is 1. The summed E-state index contributed by atoms with van der Waals surface area (Å²) in [5.74, 6) is 1.05. The largest absolute Gasteiger partial charge is 0.459 e. The third-order valence-electron chi connectivity index (χ3n) is 3.93. The first-order valence-electron chi connectivity index (χ1n) is 7.18. The van der Waals surface area contributed by atoms with Gasteiger partial charge in [-0.1, -0.05) is 48.9 Å². The van der Waals surface area contributed by atoms with E-state index in [2.05, 4.69) is 19.1 Å². The molecule has 2 atom stereocenters. The van der Waals surface area contributed by atoms with E-state index in [1.54, 1.807) is 0 Å². The molecule has 1 heterocycles. The Morgan fingerprint density at radius 3 is 2.57 bits per heavy atom. The molecule has 21 heavy (non-hydrogen) atoms. The standard InChI is InChI=1S/C18H18ClNO/c1-2-15(12-6-4-3-5-7-12)18(20)17-11-13-10-14(19)8-9-16(13)21-17/h3-11,15,18H,2,20H2,1H3. The highest BCUT2D eigenvalue weighted by atomic mass is 35.5. The van der Waals surface area contributed by atoms with Crippen LogP contribution >= 0.6 is 11.6 Å². The summed E-state index contributed by atoms with van der Waals surface area (Å²) in [6, 6.07) is 17.8. The first kappa shape index (κ1) is 14.2. The molecule has 2 nitrogen and oxygen atoms in total. The molecule has 0 saturated carbocycles. The molecule has 108 valence electrons. The first-order chi connectivity index (χ1) is 10.2. The van der Waals surface area contributed by atoms with E-state index in [4.69, 9.17) is 21.8 Å². The number of nitrogens with two attached hydrogens (primary N) is 1. The van der Waals surface area contributed by atoms with Crippen molar-refractivity contribution >= 4 is 22.6 Å². The van der Waals surface area contributed by atoms with Gasteiger partial charge in [-0.05, 0) is 36.2 Å². The quantitative estimate of drug-likeness (QED) is 0.712. The second-order valence-electron chi connectivity index (χ2n) is 5.28. The van der Waals surface area contributed by atoms with Crippen LogP contribution in [0.1, 0.15) is 36.6 Å². The molecule has 2 aromatic carbocycles. The summed E-state index contributed by atoms with van der Waals surface area (Å²) in [6.07, 6.45) is 0.961. The Morgan fingerprint density at radius 1 is 1.10 bits per heavy atom. The summed E-state index contributed by atoms with van der Waals surface area (Å²) >= 11 is 6.02. The van der Waals surface area contributed by atoms with E-state index >= 15 is 0 Å². The molecule has 0 aliphatic carbocycles. The minimum Gasteiger partial charge on any atom is -0.459 e. The van der Waals surface area contributed by atoms with Gasteiger partial charge >= 0.3 is 0 Å². The van der Waals surface area contributed by atoms with E-state index in [0.29, 0.717) is 5.02 Å². The van der Waals surface area contributed by atoms with Crippen molar-refractivity contribution in [2.45, 2.75) is 25.3 Å². The van der Waals surface area contributed by atoms with Crippen molar-refractivity contribution in [1.29, 1.82) is 0 Å². The Bertz CT molecular complexity index is 735. The molecule has 0 aliphatic heterocycles. The highest BCUT2D eigenvalue weighted by Crippen LogP contribution is 2.34. The number of furan rings is 1. The van der Waals surface area contributed by atoms with E-state index in [0.717, 1.165) is 23.2 Å². The lowest BCUT2D eigenvalue weighted by Gasteiger charge is -2.21. The van der Waals surface area contributed by atoms with Crippen molar-refractivity contribution in [2.75, 3.05) is 0 Å². The van der Waals surface area contributed by atoms with Gasteiger partial charge in [0.2, 0.25) is 0 Å². The molecule has 0 spiro atoms. The van der Waals surface area contributed by atoms with Crippen LogP contribution in [0.25, 0.3) is 11.0 Å². The number of hydrogen-bond donors (Lipinski definition) is 1. The third kappa shape index (κ3) is 2.82. The molecular formula is C18H18ClNO. The summed E-state index contributed by atoms with van der Waals surface area (Å²) in [5, 5.41) is 1.70. The van der Waals surface area contributed by atoms with Gasteiger partial charge in [-0.15, -0.1) is 0 Å². The zero-order valence-corrected chi connectivity index (χ0v) is 12.7. The first-order valence-corrected chi connectivity index (χ1v) is 7.56. The van der Waals surface area contributed by atoms with Crippen molar-refractivity contribution in [3.8, 4) is 0 Å². The lowest BCUT2D eigenvalue weighted by molar-refractivity contribution is 0.436. The van der Waals surface area contributed by atoms with Gasteiger partial charge in [0, 0.05) is 16.3 Å². The van der Waals surface area contributed by atoms with Crippen molar-refractivity contribution in [3.05, 3.63) is 70.9 Å². The summed E-state index contributed by atoms with van der Waals surface area (Å²) in [6.45, 7) is 2.15. The van der Waals surface area contributed by atoms with Gasteiger partial charge < -0.3 is 10.2 Å². The van der Waals surface area contributed by atoms with Crippen LogP contribution in [0.2, 0.25) is 5.02 Å². The van der Waals surface area contributed by atoms with E-state index in [1.807, 2.05) is 42.5 Å². The fourth-order valence-electron chi connectivity index (χ4n) is 2.79. The van der Waals surface area contributed by atoms with Gasteiger partial charge in [-0.25, -0.2) is 0 Å². The number of halogens is 1. The predicted octanol–water partition coefficient (Wildman–Crippen LogP) is 5.28. The minimum atomic E-state index is -0.163. The van der Waals surface area contributed by atoms with E-state index < -0.39 is 0 Å². The zero-order chi connectivity index (χ0) is 14.8. The van der Waals surface area contributed by atoms with Crippen LogP contribution < -0.4 is 5.73 Å². The van der Waals surface area contributed by atoms with Crippen molar-refractivity contribution < 1.29 is 4.42 Å². The smallest absolute Gasteiger partial charge is 0.134 e. The zero-order valence-electron chi connectivity index (χ0n) is 11.9. The molecule has 0 amide bonds. The Kier molecular flexibility index (Phi) is 4.00. The van der Waals surface area contributed by atoms with Crippen LogP contribution in [0.15, 0.2) is 59.0 Å². The van der Waals surface area contributed by atoms with Crippen LogP contribution in [0.3, 0.4) is 0 Å². The molecule has 2 unspecified atom stereocenters. The molecule has 0 radical (unpaired) electrons. The summed E-state index contributed by atoms with van der Waals surface area (Å²) < 4.78 is 5.91. The van der Waals surface area contributed by atoms with E-state index in [1.165, 1.54) is 5.56 Å². The van der Waals surface area contributed by atoms with E-state index in [9.17, 15) is 0 Å². The van der Waals surface area contributed by atoms with Gasteiger partial charge in [0.1, 0.15) is 11.3 Å². The summed E-state index contributed by atoms with van der Waals surface area (Å²) in [4.78, 5) is 0. The van der Waals surface area contributed by atoms with Crippen LogP contribution in [0.4, 0.5) is 0 Å². The maximum atomic E-state index is 6.46. The highest BCUT2D eigenvalue weighted by molar-refractivity contribution is 6.31. The second kappa shape index (κ2) is 5.92. The van der Waals surface area contributed by atoms with E-state index in [-0.39, 0.29) is 12.0 Å². The average molecular weight is 300 g/mol. The highest BCUT2D eigenvalue weighted by Gasteiger charge is 2.22. The Hall–Kier alpha value is -1.77. The van der Waals surface area contributed by atoms with Crippen LogP contribution in [0.5, 0.6) is 0 Å². The van der Waals surface area contributed by atoms with Crippen LogP contribution in [-0.2, 0) is 0 Å². The minimum absolute atomic E-state index is 0.163. The molecule has 3 aromatic rings. The molecule has 3 rings (SSSR count). The topological polar surface area (TPSA) is 39.2 Å². The van der Waals surface area contributed by atoms with Gasteiger partial charge in [-0.3, -0.25) is 0 Å².